The van der Waals surface area contributed by atoms with Gasteiger partial charge >= 0.3 is 5.97 Å². The number of likely N-dealkylation sites (N-methyl/N-ethyl adjacent to an activating group) is 1. The molecule has 1 fully saturated rings. The molecule has 1 saturated heterocycles. The Morgan fingerprint density at radius 3 is 2.48 bits per heavy atom. The Balaban J connectivity index is 1.89. The Morgan fingerprint density at radius 2 is 1.96 bits per heavy atom. The second kappa shape index (κ2) is 8.81. The van der Waals surface area contributed by atoms with Gasteiger partial charge in [0.05, 0.1) is 28.8 Å². The van der Waals surface area contributed by atoms with Crippen LogP contribution in [0.5, 0.6) is 0 Å². The summed E-state index contributed by atoms with van der Waals surface area (Å²) in [5.74, 6) is -1.88. The van der Waals surface area contributed by atoms with Crippen molar-refractivity contribution in [1.82, 2.24) is 9.80 Å². The first-order valence-electron chi connectivity index (χ1n) is 8.36. The molecule has 1 aliphatic rings. The van der Waals surface area contributed by atoms with E-state index in [-0.39, 0.29) is 35.5 Å². The number of carboxylic acid groups (broad SMARTS) is 1. The van der Waals surface area contributed by atoms with Crippen LogP contribution in [0.2, 0.25) is 5.02 Å². The molecule has 0 atom stereocenters. The minimum absolute atomic E-state index is 0.0817. The summed E-state index contributed by atoms with van der Waals surface area (Å²) in [6, 6.07) is 3.87. The van der Waals surface area contributed by atoms with Gasteiger partial charge in [0.15, 0.2) is 0 Å². The first-order valence-corrected chi connectivity index (χ1v) is 8.74. The Hall–Kier alpha value is -2.68. The summed E-state index contributed by atoms with van der Waals surface area (Å²) in [4.78, 5) is 48.6. The zero-order valence-electron chi connectivity index (χ0n) is 14.8. The molecule has 0 unspecified atom stereocenters. The molecule has 1 aromatic rings. The highest BCUT2D eigenvalue weighted by Crippen LogP contribution is 2.23. The second-order valence-electron chi connectivity index (χ2n) is 6.45. The molecule has 2 rings (SSSR count). The highest BCUT2D eigenvalue weighted by atomic mass is 35.5. The lowest BCUT2D eigenvalue weighted by atomic mass is 9.97. The van der Waals surface area contributed by atoms with Gasteiger partial charge in [-0.25, -0.2) is 0 Å². The van der Waals surface area contributed by atoms with Gasteiger partial charge in [0.1, 0.15) is 0 Å². The first-order chi connectivity index (χ1) is 12.7. The van der Waals surface area contributed by atoms with E-state index in [2.05, 4.69) is 0 Å². The maximum atomic E-state index is 12.3. The number of halogens is 1. The number of carbonyl (C=O) groups is 3. The number of nitro benzene ring substituents is 1. The molecule has 1 aliphatic heterocycles. The monoisotopic (exact) mass is 397 g/mol. The van der Waals surface area contributed by atoms with Crippen LogP contribution in [0.15, 0.2) is 18.2 Å². The van der Waals surface area contributed by atoms with Gasteiger partial charge in [-0.2, -0.15) is 0 Å². The smallest absolute Gasteiger partial charge is 0.306 e. The number of likely N-dealkylation sites (tertiary alicyclic amines) is 1. The number of amides is 2. The molecule has 0 aromatic heterocycles. The lowest BCUT2D eigenvalue weighted by Gasteiger charge is -2.31. The summed E-state index contributed by atoms with van der Waals surface area (Å²) >= 11 is 5.99. The fraction of sp³-hybridized carbons (Fsp3) is 0.471. The topological polar surface area (TPSA) is 121 Å². The van der Waals surface area contributed by atoms with E-state index in [1.807, 2.05) is 0 Å². The normalized spacial score (nSPS) is 14.7. The molecular weight excluding hydrogens is 378 g/mol. The molecule has 9 nitrogen and oxygen atoms in total. The number of non-ortho nitro benzene ring substituents is 1. The predicted octanol–water partition coefficient (Wildman–Crippen LogP) is 1.57. The number of nitro groups is 1. The van der Waals surface area contributed by atoms with E-state index in [4.69, 9.17) is 16.7 Å². The Bertz CT molecular complexity index is 761. The summed E-state index contributed by atoms with van der Waals surface area (Å²) in [6.07, 6.45) is 0.718. The van der Waals surface area contributed by atoms with E-state index >= 15 is 0 Å². The molecule has 1 N–H and O–H groups in total. The van der Waals surface area contributed by atoms with Crippen molar-refractivity contribution in [3.63, 3.8) is 0 Å². The van der Waals surface area contributed by atoms with Crippen molar-refractivity contribution >= 4 is 35.1 Å². The molecule has 1 heterocycles. The molecule has 27 heavy (non-hydrogen) atoms. The first kappa shape index (κ1) is 20.6. The summed E-state index contributed by atoms with van der Waals surface area (Å²) in [5, 5.41) is 19.8. The number of carbonyl (C=O) groups excluding carboxylic acids is 2. The maximum Gasteiger partial charge on any atom is 0.306 e. The van der Waals surface area contributed by atoms with Gasteiger partial charge in [0, 0.05) is 32.3 Å². The van der Waals surface area contributed by atoms with Crippen LogP contribution in [0.4, 0.5) is 5.69 Å². The number of hydrogen-bond donors (Lipinski definition) is 1. The van der Waals surface area contributed by atoms with Crippen LogP contribution in [0.1, 0.15) is 18.4 Å². The molecule has 0 radical (unpaired) electrons. The van der Waals surface area contributed by atoms with Crippen molar-refractivity contribution in [3.8, 4) is 0 Å². The van der Waals surface area contributed by atoms with Crippen LogP contribution in [0.3, 0.4) is 0 Å². The largest absolute Gasteiger partial charge is 0.481 e. The van der Waals surface area contributed by atoms with Crippen LogP contribution >= 0.6 is 11.6 Å². The lowest BCUT2D eigenvalue weighted by molar-refractivity contribution is -0.384. The van der Waals surface area contributed by atoms with E-state index in [0.717, 1.165) is 0 Å². The lowest BCUT2D eigenvalue weighted by Crippen LogP contribution is -2.45. The van der Waals surface area contributed by atoms with Crippen molar-refractivity contribution in [1.29, 1.82) is 0 Å². The number of rotatable bonds is 6. The fourth-order valence-corrected chi connectivity index (χ4v) is 3.10. The van der Waals surface area contributed by atoms with E-state index in [1.165, 1.54) is 30.1 Å². The number of carboxylic acids is 1. The van der Waals surface area contributed by atoms with Crippen molar-refractivity contribution in [2.24, 2.45) is 5.92 Å². The molecular formula is C17H20ClN3O6. The van der Waals surface area contributed by atoms with Gasteiger partial charge < -0.3 is 14.9 Å². The zero-order valence-corrected chi connectivity index (χ0v) is 15.5. The van der Waals surface area contributed by atoms with Gasteiger partial charge in [-0.05, 0) is 18.4 Å². The van der Waals surface area contributed by atoms with Gasteiger partial charge in [0.25, 0.3) is 5.69 Å². The van der Waals surface area contributed by atoms with Gasteiger partial charge in [-0.15, -0.1) is 0 Å². The second-order valence-corrected chi connectivity index (χ2v) is 6.86. The molecule has 1 aromatic carbocycles. The van der Waals surface area contributed by atoms with Crippen molar-refractivity contribution < 1.29 is 24.4 Å². The molecule has 0 spiro atoms. The van der Waals surface area contributed by atoms with E-state index < -0.39 is 16.8 Å². The minimum atomic E-state index is -0.852. The summed E-state index contributed by atoms with van der Waals surface area (Å²) in [5.41, 5.74) is 0.276. The van der Waals surface area contributed by atoms with Crippen LogP contribution in [0.25, 0.3) is 0 Å². The van der Waals surface area contributed by atoms with Gasteiger partial charge in [-0.1, -0.05) is 17.7 Å². The van der Waals surface area contributed by atoms with Crippen LogP contribution in [-0.2, 0) is 20.8 Å². The SMILES string of the molecule is CN(CC(=O)N1CCC(C(=O)O)CC1)C(=O)Cc1ccc([N+](=O)[O-])cc1Cl. The van der Waals surface area contributed by atoms with Crippen molar-refractivity contribution in [2.75, 3.05) is 26.7 Å². The maximum absolute atomic E-state index is 12.3. The number of aliphatic carboxylic acids is 1. The number of benzene rings is 1. The molecule has 2 amide bonds. The quantitative estimate of drug-likeness (QED) is 0.574. The molecule has 0 bridgehead atoms. The molecule has 0 aliphatic carbocycles. The standard InChI is InChI=1S/C17H20ClN3O6/c1-19(10-16(23)20-6-4-11(5-7-20)17(24)25)15(22)8-12-2-3-13(21(26)27)9-14(12)18/h2-3,9,11H,4-8,10H2,1H3,(H,24,25). The highest BCUT2D eigenvalue weighted by Gasteiger charge is 2.28. The van der Waals surface area contributed by atoms with E-state index in [1.54, 1.807) is 4.90 Å². The van der Waals surface area contributed by atoms with Crippen LogP contribution in [0, 0.1) is 16.0 Å². The third kappa shape index (κ3) is 5.40. The number of piperidine rings is 1. The average molecular weight is 398 g/mol. The fourth-order valence-electron chi connectivity index (χ4n) is 2.86. The number of nitrogens with zero attached hydrogens (tertiary/aromatic N) is 3. The summed E-state index contributed by atoms with van der Waals surface area (Å²) in [6.45, 7) is 0.583. The Morgan fingerprint density at radius 1 is 1.33 bits per heavy atom. The summed E-state index contributed by atoms with van der Waals surface area (Å²) < 4.78 is 0. The number of hydrogen-bond acceptors (Lipinski definition) is 5. The van der Waals surface area contributed by atoms with Gasteiger partial charge in [-0.3, -0.25) is 24.5 Å². The molecule has 10 heteroatoms. The minimum Gasteiger partial charge on any atom is -0.481 e. The molecule has 0 saturated carbocycles. The van der Waals surface area contributed by atoms with Crippen LogP contribution in [-0.4, -0.2) is 64.3 Å². The summed E-state index contributed by atoms with van der Waals surface area (Å²) in [7, 11) is 1.49. The van der Waals surface area contributed by atoms with E-state index in [9.17, 15) is 24.5 Å². The molecule has 146 valence electrons. The zero-order chi connectivity index (χ0) is 20.1. The van der Waals surface area contributed by atoms with Gasteiger partial charge in [0.2, 0.25) is 11.8 Å². The van der Waals surface area contributed by atoms with E-state index in [0.29, 0.717) is 31.5 Å². The van der Waals surface area contributed by atoms with Crippen LogP contribution < -0.4 is 0 Å². The Kier molecular flexibility index (Phi) is 6.73. The Labute approximate surface area is 160 Å². The van der Waals surface area contributed by atoms with Crippen molar-refractivity contribution in [2.45, 2.75) is 19.3 Å². The van der Waals surface area contributed by atoms with Crippen molar-refractivity contribution in [3.05, 3.63) is 38.9 Å². The third-order valence-electron chi connectivity index (χ3n) is 4.58. The predicted molar refractivity (Wildman–Crippen MR) is 96.4 cm³/mol. The third-order valence-corrected chi connectivity index (χ3v) is 4.94. The highest BCUT2D eigenvalue weighted by molar-refractivity contribution is 6.31. The average Bonchev–Trinajstić information content (AvgIpc) is 2.63.